The predicted octanol–water partition coefficient (Wildman–Crippen LogP) is 13.1. The van der Waals surface area contributed by atoms with Gasteiger partial charge in [-0.3, -0.25) is 0 Å². The van der Waals surface area contributed by atoms with Crippen molar-refractivity contribution in [2.45, 2.75) is 15.2 Å². The number of rotatable bonds is 7. The maximum absolute atomic E-state index is 5.11. The van der Waals surface area contributed by atoms with E-state index in [4.69, 9.17) is 15.0 Å². The first-order chi connectivity index (χ1) is 27.8. The van der Waals surface area contributed by atoms with Crippen LogP contribution < -0.4 is 0 Å². The van der Waals surface area contributed by atoms with E-state index in [-0.39, 0.29) is 0 Å². The summed E-state index contributed by atoms with van der Waals surface area (Å²) in [6, 6.07) is 75.3. The Labute approximate surface area is 331 Å². The zero-order chi connectivity index (χ0) is 37.3. The molecule has 9 aromatic rings. The average molecular weight is 734 g/mol. The highest BCUT2D eigenvalue weighted by molar-refractivity contribution is 7.99. The number of nitrogens with zero attached hydrogens (tertiary/aromatic N) is 3. The number of hydrogen-bond acceptors (Lipinski definition) is 4. The molecule has 56 heavy (non-hydrogen) atoms. The van der Waals surface area contributed by atoms with Gasteiger partial charge in [0.15, 0.2) is 17.5 Å². The fraction of sp³-hybridized carbons (Fsp3) is 0.0192. The first-order valence-electron chi connectivity index (χ1n) is 18.9. The first kappa shape index (κ1) is 33.7. The Bertz CT molecular complexity index is 2770. The summed E-state index contributed by atoms with van der Waals surface area (Å²) in [6.07, 6.45) is 0. The Morgan fingerprint density at radius 3 is 1.39 bits per heavy atom. The molecule has 0 amide bonds. The molecule has 0 N–H and O–H groups in total. The largest absolute Gasteiger partial charge is 0.208 e. The van der Waals surface area contributed by atoms with Crippen LogP contribution in [-0.4, -0.2) is 15.0 Å². The van der Waals surface area contributed by atoms with Gasteiger partial charge in [0.05, 0.1) is 5.41 Å². The zero-order valence-corrected chi connectivity index (χ0v) is 31.3. The molecule has 0 saturated carbocycles. The van der Waals surface area contributed by atoms with Crippen LogP contribution in [0.1, 0.15) is 22.3 Å². The van der Waals surface area contributed by atoms with E-state index in [1.54, 1.807) is 0 Å². The van der Waals surface area contributed by atoms with E-state index in [1.165, 1.54) is 32.0 Å². The van der Waals surface area contributed by atoms with Gasteiger partial charge in [0.1, 0.15) is 0 Å². The molecule has 1 aromatic heterocycles. The number of benzene rings is 8. The van der Waals surface area contributed by atoms with Crippen LogP contribution in [0.3, 0.4) is 0 Å². The van der Waals surface area contributed by atoms with E-state index in [2.05, 4.69) is 170 Å². The number of aromatic nitrogens is 3. The van der Waals surface area contributed by atoms with E-state index < -0.39 is 5.41 Å². The van der Waals surface area contributed by atoms with Crippen molar-refractivity contribution in [2.24, 2.45) is 0 Å². The topological polar surface area (TPSA) is 38.7 Å². The maximum atomic E-state index is 5.11. The molecule has 0 radical (unpaired) electrons. The summed E-state index contributed by atoms with van der Waals surface area (Å²) in [5.74, 6) is 1.92. The smallest absolute Gasteiger partial charge is 0.164 e. The van der Waals surface area contributed by atoms with Gasteiger partial charge in [0.2, 0.25) is 0 Å². The monoisotopic (exact) mass is 733 g/mol. The van der Waals surface area contributed by atoms with Crippen molar-refractivity contribution in [2.75, 3.05) is 0 Å². The molecule has 264 valence electrons. The van der Waals surface area contributed by atoms with Gasteiger partial charge in [-0.15, -0.1) is 0 Å². The molecule has 0 spiro atoms. The minimum Gasteiger partial charge on any atom is -0.208 e. The summed E-state index contributed by atoms with van der Waals surface area (Å²) in [6.45, 7) is 0. The van der Waals surface area contributed by atoms with E-state index >= 15 is 0 Å². The normalized spacial score (nSPS) is 12.7. The van der Waals surface area contributed by atoms with Gasteiger partial charge in [-0.05, 0) is 56.6 Å². The van der Waals surface area contributed by atoms with Crippen molar-refractivity contribution in [3.63, 3.8) is 0 Å². The molecule has 10 rings (SSSR count). The first-order valence-corrected chi connectivity index (χ1v) is 19.7. The maximum Gasteiger partial charge on any atom is 0.164 e. The van der Waals surface area contributed by atoms with Gasteiger partial charge in [0.25, 0.3) is 0 Å². The van der Waals surface area contributed by atoms with Crippen LogP contribution in [0.25, 0.3) is 56.4 Å². The molecule has 0 unspecified atom stereocenters. The van der Waals surface area contributed by atoms with Crippen LogP contribution in [-0.2, 0) is 5.41 Å². The van der Waals surface area contributed by atoms with Crippen LogP contribution >= 0.6 is 11.8 Å². The second-order valence-corrected chi connectivity index (χ2v) is 15.0. The highest BCUT2D eigenvalue weighted by Gasteiger charge is 2.44. The molecule has 3 nitrogen and oxygen atoms in total. The molecule has 0 atom stereocenters. The lowest BCUT2D eigenvalue weighted by molar-refractivity contribution is 0.703. The lowest BCUT2D eigenvalue weighted by atomic mass is 9.64. The Kier molecular flexibility index (Phi) is 8.66. The minimum absolute atomic E-state index is 0.450. The van der Waals surface area contributed by atoms with Crippen LogP contribution in [0, 0.1) is 0 Å². The third-order valence-corrected chi connectivity index (χ3v) is 11.8. The van der Waals surface area contributed by atoms with Crippen molar-refractivity contribution < 1.29 is 0 Å². The fourth-order valence-corrected chi connectivity index (χ4v) is 9.32. The van der Waals surface area contributed by atoms with Gasteiger partial charge >= 0.3 is 0 Å². The van der Waals surface area contributed by atoms with Gasteiger partial charge in [0, 0.05) is 26.5 Å². The summed E-state index contributed by atoms with van der Waals surface area (Å²) >= 11 is 1.85. The fourth-order valence-electron chi connectivity index (χ4n) is 8.09. The molecule has 1 aliphatic heterocycles. The van der Waals surface area contributed by atoms with Crippen LogP contribution in [0.15, 0.2) is 222 Å². The van der Waals surface area contributed by atoms with E-state index in [9.17, 15) is 0 Å². The van der Waals surface area contributed by atoms with E-state index in [0.717, 1.165) is 38.9 Å². The summed E-state index contributed by atoms with van der Waals surface area (Å²) in [5, 5.41) is 0. The quantitative estimate of drug-likeness (QED) is 0.163. The van der Waals surface area contributed by atoms with Crippen molar-refractivity contribution in [1.29, 1.82) is 0 Å². The highest BCUT2D eigenvalue weighted by atomic mass is 32.2. The third kappa shape index (κ3) is 5.92. The summed E-state index contributed by atoms with van der Waals surface area (Å²) in [7, 11) is 0. The molecular weight excluding hydrogens is 699 g/mol. The average Bonchev–Trinajstić information content (AvgIpc) is 3.29. The lowest BCUT2D eigenvalue weighted by Crippen LogP contribution is -2.34. The summed E-state index contributed by atoms with van der Waals surface area (Å²) in [5.41, 5.74) is 12.0. The standard InChI is InChI=1S/C52H35N3S/c1-5-17-37(18-6-1)43-25-13-14-26-44(43)51-54-49(38-19-7-2-8-20-38)53-50(55-51)39-31-29-36(30-32-39)40-33-34-46-48(35-40)56-47-28-16-15-27-45(47)52(46,41-21-9-3-10-22-41)42-23-11-4-12-24-42/h1-35H. The Morgan fingerprint density at radius 2 is 0.750 bits per heavy atom. The Balaban J connectivity index is 1.07. The van der Waals surface area contributed by atoms with Crippen molar-refractivity contribution in [3.05, 3.63) is 235 Å². The minimum atomic E-state index is -0.450. The predicted molar refractivity (Wildman–Crippen MR) is 229 cm³/mol. The van der Waals surface area contributed by atoms with Crippen LogP contribution in [0.4, 0.5) is 0 Å². The second kappa shape index (κ2) is 14.4. The second-order valence-electron chi connectivity index (χ2n) is 14.0. The summed E-state index contributed by atoms with van der Waals surface area (Å²) in [4.78, 5) is 17.7. The van der Waals surface area contributed by atoms with Crippen LogP contribution in [0.2, 0.25) is 0 Å². The molecular formula is C52H35N3S. The van der Waals surface area contributed by atoms with Crippen molar-refractivity contribution >= 4 is 11.8 Å². The Hall–Kier alpha value is -6.88. The van der Waals surface area contributed by atoms with Crippen molar-refractivity contribution in [1.82, 2.24) is 15.0 Å². The molecule has 1 aliphatic rings. The van der Waals surface area contributed by atoms with Gasteiger partial charge < -0.3 is 0 Å². The molecule has 8 aromatic carbocycles. The highest BCUT2D eigenvalue weighted by Crippen LogP contribution is 2.56. The van der Waals surface area contributed by atoms with Gasteiger partial charge in [-0.25, -0.2) is 15.0 Å². The van der Waals surface area contributed by atoms with E-state index in [1.807, 2.05) is 54.2 Å². The molecule has 4 heteroatoms. The molecule has 2 heterocycles. The molecule has 0 aliphatic carbocycles. The van der Waals surface area contributed by atoms with Crippen LogP contribution in [0.5, 0.6) is 0 Å². The Morgan fingerprint density at radius 1 is 0.304 bits per heavy atom. The lowest BCUT2D eigenvalue weighted by Gasteiger charge is -2.42. The SMILES string of the molecule is c1ccc(-c2nc(-c3ccc(-c4ccc5c(c4)Sc4ccccc4C5(c4ccccc4)c4ccccc4)cc3)nc(-c3ccccc3-c3ccccc3)n2)cc1. The zero-order valence-electron chi connectivity index (χ0n) is 30.5. The third-order valence-electron chi connectivity index (χ3n) is 10.7. The van der Waals surface area contributed by atoms with Crippen molar-refractivity contribution in [3.8, 4) is 56.4 Å². The van der Waals surface area contributed by atoms with Gasteiger partial charge in [-0.1, -0.05) is 212 Å². The van der Waals surface area contributed by atoms with E-state index in [0.29, 0.717) is 17.5 Å². The molecule has 0 fully saturated rings. The number of hydrogen-bond donors (Lipinski definition) is 0. The summed E-state index contributed by atoms with van der Waals surface area (Å²) < 4.78 is 0. The molecule has 0 bridgehead atoms. The molecule has 0 saturated heterocycles. The number of fused-ring (bicyclic) bond motifs is 2. The van der Waals surface area contributed by atoms with Gasteiger partial charge in [-0.2, -0.15) is 0 Å².